The van der Waals surface area contributed by atoms with Gasteiger partial charge in [-0.15, -0.1) is 0 Å². The molecule has 0 spiro atoms. The quantitative estimate of drug-likeness (QED) is 0.602. The zero-order chi connectivity index (χ0) is 20.5. The summed E-state index contributed by atoms with van der Waals surface area (Å²) in [6.07, 6.45) is 2.34. The summed E-state index contributed by atoms with van der Waals surface area (Å²) >= 11 is 6.74. The molecule has 1 aliphatic heterocycles. The summed E-state index contributed by atoms with van der Waals surface area (Å²) in [4.78, 5) is 0. The van der Waals surface area contributed by atoms with Crippen molar-refractivity contribution in [2.45, 2.75) is 66.6 Å². The van der Waals surface area contributed by atoms with Gasteiger partial charge in [0, 0.05) is 11.1 Å². The number of fused-ring (bicyclic) bond motifs is 1. The Hall–Kier alpha value is -1.52. The fourth-order valence-corrected chi connectivity index (χ4v) is 3.64. The van der Waals surface area contributed by atoms with E-state index in [1.165, 1.54) is 0 Å². The van der Waals surface area contributed by atoms with Crippen molar-refractivity contribution >= 4 is 22.7 Å². The topological polar surface area (TPSA) is 38.7 Å². The fraction of sp³-hybridized carbons (Fsp3) is 0.545. The average molecular weight is 397 g/mol. The van der Waals surface area contributed by atoms with Crippen molar-refractivity contribution in [2.24, 2.45) is 5.92 Å². The molecule has 27 heavy (non-hydrogen) atoms. The minimum absolute atomic E-state index is 0.147. The molecular formula is C22H30ClFO3. The first-order valence-electron chi connectivity index (χ1n) is 9.46. The molecule has 0 fully saturated rings. The lowest BCUT2D eigenvalue weighted by molar-refractivity contribution is 0.156. The van der Waals surface area contributed by atoms with Crippen molar-refractivity contribution in [2.75, 3.05) is 6.61 Å². The van der Waals surface area contributed by atoms with Crippen LogP contribution in [0.3, 0.4) is 0 Å². The second-order valence-corrected chi connectivity index (χ2v) is 8.34. The van der Waals surface area contributed by atoms with E-state index in [0.29, 0.717) is 34.1 Å². The van der Waals surface area contributed by atoms with Gasteiger partial charge in [0.05, 0.1) is 12.7 Å². The molecule has 3 nitrogen and oxygen atoms in total. The lowest BCUT2D eigenvalue weighted by Crippen LogP contribution is -2.30. The van der Waals surface area contributed by atoms with Gasteiger partial charge in [-0.3, -0.25) is 0 Å². The summed E-state index contributed by atoms with van der Waals surface area (Å²) in [5.74, 6) is 0.623. The van der Waals surface area contributed by atoms with E-state index in [1.54, 1.807) is 0 Å². The van der Waals surface area contributed by atoms with Gasteiger partial charge in [0.2, 0.25) is 0 Å². The molecule has 150 valence electrons. The molecule has 1 aliphatic rings. The van der Waals surface area contributed by atoms with Crippen LogP contribution < -0.4 is 9.47 Å². The SMILES string of the molecule is CC/C(=C(\F)CO)c1cc2c(c(Cl)c1OC(C)C)OC(C)(C)C=C2C(C)C. The molecule has 0 saturated carbocycles. The van der Waals surface area contributed by atoms with Crippen LogP contribution in [0.15, 0.2) is 18.0 Å². The Kier molecular flexibility index (Phi) is 6.64. The molecule has 1 heterocycles. The van der Waals surface area contributed by atoms with Crippen LogP contribution in [0.4, 0.5) is 4.39 Å². The largest absolute Gasteiger partial charge is 0.489 e. The highest BCUT2D eigenvalue weighted by Gasteiger charge is 2.33. The summed E-state index contributed by atoms with van der Waals surface area (Å²) in [6, 6.07) is 1.88. The molecule has 0 aromatic heterocycles. The van der Waals surface area contributed by atoms with Crippen LogP contribution in [0.2, 0.25) is 5.02 Å². The van der Waals surface area contributed by atoms with Gasteiger partial charge in [-0.05, 0) is 63.3 Å². The van der Waals surface area contributed by atoms with Gasteiger partial charge >= 0.3 is 0 Å². The van der Waals surface area contributed by atoms with Gasteiger partial charge in [0.1, 0.15) is 22.2 Å². The van der Waals surface area contributed by atoms with E-state index in [0.717, 1.165) is 11.1 Å². The van der Waals surface area contributed by atoms with E-state index < -0.39 is 18.0 Å². The first-order chi connectivity index (χ1) is 12.5. The first kappa shape index (κ1) is 21.8. The maximum absolute atomic E-state index is 14.4. The second kappa shape index (κ2) is 8.24. The third-order valence-electron chi connectivity index (χ3n) is 4.48. The number of ether oxygens (including phenoxy) is 2. The van der Waals surface area contributed by atoms with Crippen molar-refractivity contribution < 1.29 is 19.0 Å². The fourth-order valence-electron chi connectivity index (χ4n) is 3.35. The van der Waals surface area contributed by atoms with Gasteiger partial charge in [-0.25, -0.2) is 4.39 Å². The first-order valence-corrected chi connectivity index (χ1v) is 9.84. The highest BCUT2D eigenvalue weighted by molar-refractivity contribution is 6.34. The summed E-state index contributed by atoms with van der Waals surface area (Å²) in [7, 11) is 0. The molecule has 0 radical (unpaired) electrons. The molecule has 0 bridgehead atoms. The minimum atomic E-state index is -0.657. The molecule has 0 unspecified atom stereocenters. The van der Waals surface area contributed by atoms with Gasteiger partial charge in [0.15, 0.2) is 5.75 Å². The molecule has 2 rings (SSSR count). The zero-order valence-corrected chi connectivity index (χ0v) is 18.0. The molecule has 1 aromatic carbocycles. The molecular weight excluding hydrogens is 367 g/mol. The lowest BCUT2D eigenvalue weighted by atomic mass is 9.85. The Bertz CT molecular complexity index is 776. The molecule has 0 aliphatic carbocycles. The van der Waals surface area contributed by atoms with Crippen LogP contribution in [0.25, 0.3) is 11.1 Å². The highest BCUT2D eigenvalue weighted by atomic mass is 35.5. The van der Waals surface area contributed by atoms with Crippen molar-refractivity contribution in [3.8, 4) is 11.5 Å². The van der Waals surface area contributed by atoms with Crippen molar-refractivity contribution in [3.05, 3.63) is 34.1 Å². The molecule has 1 N–H and O–H groups in total. The van der Waals surface area contributed by atoms with Crippen molar-refractivity contribution in [3.63, 3.8) is 0 Å². The average Bonchev–Trinajstić information content (AvgIpc) is 2.57. The number of hydrogen-bond acceptors (Lipinski definition) is 3. The van der Waals surface area contributed by atoms with Gasteiger partial charge < -0.3 is 14.6 Å². The lowest BCUT2D eigenvalue weighted by Gasteiger charge is -2.34. The second-order valence-electron chi connectivity index (χ2n) is 7.97. The third kappa shape index (κ3) is 4.49. The number of aliphatic hydroxyl groups is 1. The number of rotatable bonds is 6. The highest BCUT2D eigenvalue weighted by Crippen LogP contribution is 2.50. The predicted octanol–water partition coefficient (Wildman–Crippen LogP) is 6.42. The van der Waals surface area contributed by atoms with E-state index in [9.17, 15) is 9.50 Å². The standard InChI is InChI=1S/C22H30ClFO3/c1-8-14(18(24)11-25)15-9-16-17(12(2)3)10-22(6,7)27-21(16)19(23)20(15)26-13(4)5/h9-10,12-13,25H,8,11H2,1-7H3/b18-14+. The van der Waals surface area contributed by atoms with Crippen LogP contribution in [0, 0.1) is 5.92 Å². The zero-order valence-electron chi connectivity index (χ0n) is 17.2. The van der Waals surface area contributed by atoms with E-state index in [2.05, 4.69) is 19.9 Å². The summed E-state index contributed by atoms with van der Waals surface area (Å²) < 4.78 is 26.6. The normalized spacial score (nSPS) is 16.7. The van der Waals surface area contributed by atoms with Gasteiger partial charge in [-0.2, -0.15) is 0 Å². The minimum Gasteiger partial charge on any atom is -0.489 e. The van der Waals surface area contributed by atoms with Crippen LogP contribution in [0.1, 0.15) is 66.0 Å². The van der Waals surface area contributed by atoms with E-state index in [1.807, 2.05) is 40.7 Å². The van der Waals surface area contributed by atoms with Gasteiger partial charge in [-0.1, -0.05) is 32.4 Å². The maximum atomic E-state index is 14.4. The van der Waals surface area contributed by atoms with Crippen LogP contribution in [-0.2, 0) is 0 Å². The molecule has 0 amide bonds. The Labute approximate surface area is 166 Å². The maximum Gasteiger partial charge on any atom is 0.150 e. The monoisotopic (exact) mass is 396 g/mol. The molecule has 1 aromatic rings. The van der Waals surface area contributed by atoms with Crippen LogP contribution in [0.5, 0.6) is 11.5 Å². The summed E-state index contributed by atoms with van der Waals surface area (Å²) in [5.41, 5.74) is 2.40. The van der Waals surface area contributed by atoms with Crippen molar-refractivity contribution in [1.82, 2.24) is 0 Å². The van der Waals surface area contributed by atoms with E-state index >= 15 is 0 Å². The summed E-state index contributed by atoms with van der Waals surface area (Å²) in [5, 5.41) is 9.68. The van der Waals surface area contributed by atoms with Crippen LogP contribution >= 0.6 is 11.6 Å². The third-order valence-corrected chi connectivity index (χ3v) is 4.82. The summed E-state index contributed by atoms with van der Waals surface area (Å²) in [6.45, 7) is 13.1. The van der Waals surface area contributed by atoms with E-state index in [-0.39, 0.29) is 12.0 Å². The van der Waals surface area contributed by atoms with Gasteiger partial charge in [0.25, 0.3) is 0 Å². The number of hydrogen-bond donors (Lipinski definition) is 1. The Balaban J connectivity index is 2.87. The van der Waals surface area contributed by atoms with Crippen molar-refractivity contribution in [1.29, 1.82) is 0 Å². The number of aliphatic hydroxyl groups excluding tert-OH is 1. The number of allylic oxidation sites excluding steroid dienone is 2. The number of halogens is 2. The van der Waals surface area contributed by atoms with E-state index in [4.69, 9.17) is 21.1 Å². The van der Waals surface area contributed by atoms with Crippen LogP contribution in [-0.4, -0.2) is 23.4 Å². The molecule has 0 atom stereocenters. The Morgan fingerprint density at radius 2 is 1.93 bits per heavy atom. The predicted molar refractivity (Wildman–Crippen MR) is 110 cm³/mol. The molecule has 5 heteroatoms. The smallest absolute Gasteiger partial charge is 0.150 e. The Morgan fingerprint density at radius 1 is 1.30 bits per heavy atom. The molecule has 0 saturated heterocycles. The number of benzene rings is 1. The Morgan fingerprint density at radius 3 is 2.41 bits per heavy atom.